The minimum absolute atomic E-state index is 0.0857. The van der Waals surface area contributed by atoms with Crippen LogP contribution in [0.4, 0.5) is 5.69 Å². The Kier molecular flexibility index (Phi) is 4.39. The topological polar surface area (TPSA) is 103 Å². The van der Waals surface area contributed by atoms with E-state index in [0.29, 0.717) is 15.5 Å². The Labute approximate surface area is 123 Å². The highest BCUT2D eigenvalue weighted by atomic mass is 32.2. The quantitative estimate of drug-likeness (QED) is 0.669. The molecule has 0 atom stereocenters. The van der Waals surface area contributed by atoms with Crippen LogP contribution in [0.2, 0.25) is 0 Å². The van der Waals surface area contributed by atoms with E-state index in [4.69, 9.17) is 9.84 Å². The molecule has 2 rings (SSSR count). The summed E-state index contributed by atoms with van der Waals surface area (Å²) in [4.78, 5) is 26.1. The van der Waals surface area contributed by atoms with Crippen LogP contribution in [-0.4, -0.2) is 28.1 Å². The third-order valence-corrected chi connectivity index (χ3v) is 3.46. The second-order valence-corrected chi connectivity index (χ2v) is 5.05. The van der Waals surface area contributed by atoms with Crippen LogP contribution in [0.5, 0.6) is 5.75 Å². The summed E-state index contributed by atoms with van der Waals surface area (Å²) in [6.07, 6.45) is 1.38. The lowest BCUT2D eigenvalue weighted by molar-refractivity contribution is -0.385. The van der Waals surface area contributed by atoms with Crippen LogP contribution in [0.25, 0.3) is 0 Å². The molecule has 7 nitrogen and oxygen atoms in total. The number of hydrogen-bond donors (Lipinski definition) is 1. The van der Waals surface area contributed by atoms with Crippen molar-refractivity contribution in [3.05, 3.63) is 52.3 Å². The lowest BCUT2D eigenvalue weighted by Crippen LogP contribution is -1.99. The predicted molar refractivity (Wildman–Crippen MR) is 75.0 cm³/mol. The molecule has 0 aliphatic carbocycles. The van der Waals surface area contributed by atoms with Gasteiger partial charge in [0.05, 0.1) is 18.1 Å². The van der Waals surface area contributed by atoms with E-state index in [9.17, 15) is 14.9 Å². The van der Waals surface area contributed by atoms with Gasteiger partial charge < -0.3 is 9.84 Å². The third-order valence-electron chi connectivity index (χ3n) is 2.50. The van der Waals surface area contributed by atoms with Gasteiger partial charge in [0.15, 0.2) is 0 Å². The van der Waals surface area contributed by atoms with Crippen molar-refractivity contribution in [1.82, 2.24) is 4.98 Å². The van der Waals surface area contributed by atoms with E-state index in [1.807, 2.05) is 0 Å². The van der Waals surface area contributed by atoms with E-state index in [1.165, 1.54) is 43.3 Å². The van der Waals surface area contributed by atoms with E-state index in [2.05, 4.69) is 4.98 Å². The SMILES string of the molecule is COc1cc(Sc2ccnc(C(=O)O)c2)cc([N+](=O)[O-])c1. The molecule has 0 unspecified atom stereocenters. The summed E-state index contributed by atoms with van der Waals surface area (Å²) in [5.74, 6) is -0.770. The first kappa shape index (κ1) is 14.8. The third kappa shape index (κ3) is 3.69. The number of nitrogens with zero attached hydrogens (tertiary/aromatic N) is 2. The van der Waals surface area contributed by atoms with Crippen LogP contribution in [0.1, 0.15) is 10.5 Å². The van der Waals surface area contributed by atoms with E-state index in [-0.39, 0.29) is 11.4 Å². The van der Waals surface area contributed by atoms with Crippen molar-refractivity contribution < 1.29 is 19.6 Å². The second kappa shape index (κ2) is 6.23. The monoisotopic (exact) mass is 306 g/mol. The van der Waals surface area contributed by atoms with Gasteiger partial charge in [-0.05, 0) is 18.2 Å². The number of hydrogen-bond acceptors (Lipinski definition) is 6. The molecule has 0 aliphatic rings. The number of aromatic carboxylic acids is 1. The number of nitro benzene ring substituents is 1. The summed E-state index contributed by atoms with van der Waals surface area (Å²) < 4.78 is 5.02. The Bertz CT molecular complexity index is 705. The number of nitro groups is 1. The van der Waals surface area contributed by atoms with Crippen LogP contribution in [0.3, 0.4) is 0 Å². The zero-order valence-corrected chi connectivity index (χ0v) is 11.7. The fraction of sp³-hybridized carbons (Fsp3) is 0.0769. The molecule has 0 spiro atoms. The number of carboxylic acid groups (broad SMARTS) is 1. The summed E-state index contributed by atoms with van der Waals surface area (Å²) in [7, 11) is 1.42. The normalized spacial score (nSPS) is 10.1. The number of rotatable bonds is 5. The van der Waals surface area contributed by atoms with Crippen molar-refractivity contribution in [2.75, 3.05) is 7.11 Å². The number of carboxylic acids is 1. The number of benzene rings is 1. The van der Waals surface area contributed by atoms with Gasteiger partial charge in [-0.15, -0.1) is 0 Å². The van der Waals surface area contributed by atoms with Crippen molar-refractivity contribution in [2.24, 2.45) is 0 Å². The first-order valence-corrected chi connectivity index (χ1v) is 6.52. The van der Waals surface area contributed by atoms with Crippen LogP contribution in [0.15, 0.2) is 46.3 Å². The molecule has 0 amide bonds. The number of pyridine rings is 1. The molecule has 1 aromatic carbocycles. The Balaban J connectivity index is 2.34. The zero-order valence-electron chi connectivity index (χ0n) is 10.8. The molecular formula is C13H10N2O5S. The summed E-state index contributed by atoms with van der Waals surface area (Å²) >= 11 is 1.19. The predicted octanol–water partition coefficient (Wildman–Crippen LogP) is 2.85. The van der Waals surface area contributed by atoms with E-state index in [0.717, 1.165) is 0 Å². The van der Waals surface area contributed by atoms with Gasteiger partial charge >= 0.3 is 5.97 Å². The standard InChI is InChI=1S/C13H10N2O5S/c1-20-9-4-8(15(18)19)5-11(6-9)21-10-2-3-14-12(7-10)13(16)17/h2-7H,1H3,(H,16,17). The molecule has 1 heterocycles. The summed E-state index contributed by atoms with van der Waals surface area (Å²) in [5, 5.41) is 19.8. The average molecular weight is 306 g/mol. The Morgan fingerprint density at radius 1 is 1.33 bits per heavy atom. The highest BCUT2D eigenvalue weighted by Gasteiger charge is 2.12. The highest BCUT2D eigenvalue weighted by molar-refractivity contribution is 7.99. The van der Waals surface area contributed by atoms with Crippen molar-refractivity contribution in [3.8, 4) is 5.75 Å². The lowest BCUT2D eigenvalue weighted by atomic mass is 10.3. The summed E-state index contributed by atoms with van der Waals surface area (Å²) in [6, 6.07) is 7.38. The molecule has 108 valence electrons. The zero-order chi connectivity index (χ0) is 15.4. The van der Waals surface area contributed by atoms with E-state index < -0.39 is 10.9 Å². The highest BCUT2D eigenvalue weighted by Crippen LogP contribution is 2.33. The molecule has 0 aliphatic heterocycles. The Hall–Kier alpha value is -2.61. The number of methoxy groups -OCH3 is 1. The summed E-state index contributed by atoms with van der Waals surface area (Å²) in [5.41, 5.74) is -0.179. The van der Waals surface area contributed by atoms with Crippen molar-refractivity contribution in [2.45, 2.75) is 9.79 Å². The van der Waals surface area contributed by atoms with Gasteiger partial charge in [0.1, 0.15) is 11.4 Å². The van der Waals surface area contributed by atoms with Crippen molar-refractivity contribution >= 4 is 23.4 Å². The van der Waals surface area contributed by atoms with Crippen LogP contribution in [0, 0.1) is 10.1 Å². The van der Waals surface area contributed by atoms with Gasteiger partial charge in [0.25, 0.3) is 5.69 Å². The molecule has 8 heteroatoms. The largest absolute Gasteiger partial charge is 0.496 e. The molecule has 0 fully saturated rings. The van der Waals surface area contributed by atoms with E-state index >= 15 is 0 Å². The van der Waals surface area contributed by atoms with E-state index in [1.54, 1.807) is 12.1 Å². The molecule has 1 aromatic heterocycles. The minimum atomic E-state index is -1.13. The summed E-state index contributed by atoms with van der Waals surface area (Å²) in [6.45, 7) is 0. The van der Waals surface area contributed by atoms with Crippen LogP contribution in [-0.2, 0) is 0 Å². The number of carbonyl (C=O) groups is 1. The molecule has 0 saturated carbocycles. The Morgan fingerprint density at radius 2 is 2.10 bits per heavy atom. The minimum Gasteiger partial charge on any atom is -0.496 e. The van der Waals surface area contributed by atoms with Gasteiger partial charge in [0.2, 0.25) is 0 Å². The fourth-order valence-corrected chi connectivity index (χ4v) is 2.49. The first-order valence-electron chi connectivity index (χ1n) is 5.70. The maximum atomic E-state index is 10.9. The lowest BCUT2D eigenvalue weighted by Gasteiger charge is -2.05. The molecule has 1 N–H and O–H groups in total. The maximum Gasteiger partial charge on any atom is 0.354 e. The van der Waals surface area contributed by atoms with Gasteiger partial charge in [-0.25, -0.2) is 9.78 Å². The molecule has 2 aromatic rings. The fourth-order valence-electron chi connectivity index (χ4n) is 1.57. The van der Waals surface area contributed by atoms with Crippen LogP contribution < -0.4 is 4.74 Å². The molecule has 0 saturated heterocycles. The van der Waals surface area contributed by atoms with Crippen molar-refractivity contribution in [3.63, 3.8) is 0 Å². The first-order chi connectivity index (χ1) is 9.99. The number of aromatic nitrogens is 1. The van der Waals surface area contributed by atoms with Crippen LogP contribution >= 0.6 is 11.8 Å². The molecular weight excluding hydrogens is 296 g/mol. The number of non-ortho nitro benzene ring substituents is 1. The maximum absolute atomic E-state index is 10.9. The molecule has 21 heavy (non-hydrogen) atoms. The van der Waals surface area contributed by atoms with Gasteiger partial charge in [-0.1, -0.05) is 11.8 Å². The number of ether oxygens (including phenoxy) is 1. The smallest absolute Gasteiger partial charge is 0.354 e. The Morgan fingerprint density at radius 3 is 2.71 bits per heavy atom. The second-order valence-electron chi connectivity index (χ2n) is 3.91. The molecule has 0 radical (unpaired) electrons. The van der Waals surface area contributed by atoms with Crippen molar-refractivity contribution in [1.29, 1.82) is 0 Å². The van der Waals surface area contributed by atoms with Gasteiger partial charge in [-0.3, -0.25) is 10.1 Å². The van der Waals surface area contributed by atoms with Gasteiger partial charge in [0, 0.05) is 22.1 Å². The molecule has 0 bridgehead atoms. The van der Waals surface area contributed by atoms with Gasteiger partial charge in [-0.2, -0.15) is 0 Å². The average Bonchev–Trinajstić information content (AvgIpc) is 2.47.